The van der Waals surface area contributed by atoms with Gasteiger partial charge in [-0.05, 0) is 18.2 Å². The van der Waals surface area contributed by atoms with Crippen molar-refractivity contribution in [1.82, 2.24) is 4.72 Å². The Balaban J connectivity index is 2.35. The number of anilines is 1. The number of hydrogen-bond donors (Lipinski definition) is 2. The minimum Gasteiger partial charge on any atom is -0.382 e. The van der Waals surface area contributed by atoms with Gasteiger partial charge >= 0.3 is 0 Å². The second kappa shape index (κ2) is 9.78. The van der Waals surface area contributed by atoms with E-state index < -0.39 is 28.3 Å². The van der Waals surface area contributed by atoms with Gasteiger partial charge < -0.3 is 14.8 Å². The number of benzene rings is 1. The first-order chi connectivity index (χ1) is 10.8. The monoisotopic (exact) mass is 368 g/mol. The van der Waals surface area contributed by atoms with Crippen LogP contribution in [0.4, 0.5) is 10.1 Å². The highest BCUT2D eigenvalue weighted by molar-refractivity contribution is 7.89. The van der Waals surface area contributed by atoms with Gasteiger partial charge in [-0.3, -0.25) is 4.79 Å². The fourth-order valence-corrected chi connectivity index (χ4v) is 2.45. The molecule has 1 rings (SSSR count). The van der Waals surface area contributed by atoms with Crippen LogP contribution in [0.3, 0.4) is 0 Å². The summed E-state index contributed by atoms with van der Waals surface area (Å²) >= 11 is 5.58. The Morgan fingerprint density at radius 3 is 2.70 bits per heavy atom. The summed E-state index contributed by atoms with van der Waals surface area (Å²) in [7, 11) is -2.13. The predicted molar refractivity (Wildman–Crippen MR) is 84.5 cm³/mol. The van der Waals surface area contributed by atoms with E-state index in [-0.39, 0.29) is 29.7 Å². The van der Waals surface area contributed by atoms with Crippen LogP contribution < -0.4 is 10.0 Å². The Morgan fingerprint density at radius 1 is 1.30 bits per heavy atom. The SMILES string of the molecule is COCCOCCS(=O)(=O)NCC(=O)Nc1ccc(F)c(Cl)c1. The quantitative estimate of drug-likeness (QED) is 0.601. The fraction of sp³-hybridized carbons (Fsp3) is 0.462. The molecular formula is C13H18ClFN2O5S. The average Bonchev–Trinajstić information content (AvgIpc) is 2.49. The summed E-state index contributed by atoms with van der Waals surface area (Å²) in [6.07, 6.45) is 0. The van der Waals surface area contributed by atoms with Crippen LogP contribution in [0.1, 0.15) is 0 Å². The standard InChI is InChI=1S/C13H18ClFN2O5S/c1-21-4-5-22-6-7-23(19,20)16-9-13(18)17-10-2-3-12(15)11(14)8-10/h2-3,8,16H,4-7,9H2,1H3,(H,17,18). The molecule has 1 aromatic rings. The van der Waals surface area contributed by atoms with E-state index in [1.807, 2.05) is 0 Å². The maximum Gasteiger partial charge on any atom is 0.239 e. The maximum atomic E-state index is 13.0. The van der Waals surface area contributed by atoms with Gasteiger partial charge in [-0.25, -0.2) is 17.5 Å². The Kier molecular flexibility index (Phi) is 8.42. The smallest absolute Gasteiger partial charge is 0.239 e. The topological polar surface area (TPSA) is 93.7 Å². The molecule has 10 heteroatoms. The van der Waals surface area contributed by atoms with E-state index in [4.69, 9.17) is 21.1 Å². The first-order valence-electron chi connectivity index (χ1n) is 6.63. The van der Waals surface area contributed by atoms with E-state index in [9.17, 15) is 17.6 Å². The van der Waals surface area contributed by atoms with Gasteiger partial charge in [0.25, 0.3) is 0 Å². The molecule has 0 unspecified atom stereocenters. The van der Waals surface area contributed by atoms with Gasteiger partial charge in [-0.1, -0.05) is 11.6 Å². The van der Waals surface area contributed by atoms with E-state index >= 15 is 0 Å². The highest BCUT2D eigenvalue weighted by Crippen LogP contribution is 2.19. The zero-order valence-electron chi connectivity index (χ0n) is 12.5. The molecule has 0 spiro atoms. The molecule has 0 saturated carbocycles. The number of halogens is 2. The molecular weight excluding hydrogens is 351 g/mol. The number of rotatable bonds is 10. The van der Waals surface area contributed by atoms with Gasteiger partial charge in [0, 0.05) is 12.8 Å². The maximum absolute atomic E-state index is 13.0. The van der Waals surface area contributed by atoms with Crippen molar-refractivity contribution in [2.75, 3.05) is 44.5 Å². The number of sulfonamides is 1. The van der Waals surface area contributed by atoms with Crippen molar-refractivity contribution >= 4 is 33.2 Å². The third-order valence-corrected chi connectivity index (χ3v) is 4.16. The van der Waals surface area contributed by atoms with Gasteiger partial charge in [0.05, 0.1) is 37.1 Å². The molecule has 0 atom stereocenters. The number of nitrogens with one attached hydrogen (secondary N) is 2. The highest BCUT2D eigenvalue weighted by atomic mass is 35.5. The lowest BCUT2D eigenvalue weighted by Crippen LogP contribution is -2.35. The number of carbonyl (C=O) groups excluding carboxylic acids is 1. The second-order valence-corrected chi connectivity index (χ2v) is 6.76. The van der Waals surface area contributed by atoms with Crippen LogP contribution in [0, 0.1) is 5.82 Å². The van der Waals surface area contributed by atoms with Crippen LogP contribution >= 0.6 is 11.6 Å². The zero-order chi connectivity index (χ0) is 17.3. The summed E-state index contributed by atoms with van der Waals surface area (Å²) < 4.78 is 48.2. The molecule has 0 heterocycles. The normalized spacial score (nSPS) is 11.4. The van der Waals surface area contributed by atoms with Crippen molar-refractivity contribution in [3.05, 3.63) is 29.0 Å². The number of methoxy groups -OCH3 is 1. The van der Waals surface area contributed by atoms with Gasteiger partial charge in [-0.15, -0.1) is 0 Å². The molecule has 0 saturated heterocycles. The fourth-order valence-electron chi connectivity index (χ4n) is 1.44. The Labute approximate surface area is 139 Å². The molecule has 0 fully saturated rings. The van der Waals surface area contributed by atoms with Crippen LogP contribution in [-0.2, 0) is 24.3 Å². The van der Waals surface area contributed by atoms with E-state index in [2.05, 4.69) is 10.0 Å². The van der Waals surface area contributed by atoms with Gasteiger partial charge in [0.1, 0.15) is 5.82 Å². The van der Waals surface area contributed by atoms with Crippen LogP contribution in [0.15, 0.2) is 18.2 Å². The minimum atomic E-state index is -3.63. The summed E-state index contributed by atoms with van der Waals surface area (Å²) in [5.74, 6) is -1.48. The Bertz CT molecular complexity index is 627. The van der Waals surface area contributed by atoms with E-state index in [0.717, 1.165) is 6.07 Å². The molecule has 0 radical (unpaired) electrons. The van der Waals surface area contributed by atoms with Gasteiger partial charge in [0.2, 0.25) is 15.9 Å². The molecule has 0 aliphatic carbocycles. The zero-order valence-corrected chi connectivity index (χ0v) is 14.0. The number of carbonyl (C=O) groups is 1. The lowest BCUT2D eigenvalue weighted by atomic mass is 10.3. The summed E-state index contributed by atoms with van der Waals surface area (Å²) in [5, 5.41) is 2.26. The minimum absolute atomic E-state index is 0.00607. The van der Waals surface area contributed by atoms with Crippen molar-refractivity contribution in [2.24, 2.45) is 0 Å². The molecule has 23 heavy (non-hydrogen) atoms. The van der Waals surface area contributed by atoms with E-state index in [1.165, 1.54) is 19.2 Å². The molecule has 7 nitrogen and oxygen atoms in total. The van der Waals surface area contributed by atoms with Crippen molar-refractivity contribution in [1.29, 1.82) is 0 Å². The Hall–Kier alpha value is -1.26. The summed E-state index contributed by atoms with van der Waals surface area (Å²) in [6.45, 7) is 0.206. The van der Waals surface area contributed by atoms with Gasteiger partial charge in [0.15, 0.2) is 0 Å². The predicted octanol–water partition coefficient (Wildman–Crippen LogP) is 1.00. The molecule has 0 aliphatic rings. The van der Waals surface area contributed by atoms with Gasteiger partial charge in [-0.2, -0.15) is 0 Å². The molecule has 1 amide bonds. The molecule has 0 bridgehead atoms. The van der Waals surface area contributed by atoms with Crippen LogP contribution in [0.25, 0.3) is 0 Å². The molecule has 130 valence electrons. The first kappa shape index (κ1) is 19.8. The van der Waals surface area contributed by atoms with Crippen LogP contribution in [0.5, 0.6) is 0 Å². The van der Waals surface area contributed by atoms with Crippen LogP contribution in [-0.4, -0.2) is 53.6 Å². The molecule has 0 aliphatic heterocycles. The van der Waals surface area contributed by atoms with Crippen molar-refractivity contribution in [3.8, 4) is 0 Å². The average molecular weight is 369 g/mol. The van der Waals surface area contributed by atoms with Crippen molar-refractivity contribution in [2.45, 2.75) is 0 Å². The van der Waals surface area contributed by atoms with E-state index in [1.54, 1.807) is 0 Å². The summed E-state index contributed by atoms with van der Waals surface area (Å²) in [4.78, 5) is 11.6. The number of amides is 1. The second-order valence-electron chi connectivity index (χ2n) is 4.42. The van der Waals surface area contributed by atoms with Crippen LogP contribution in [0.2, 0.25) is 5.02 Å². The number of hydrogen-bond acceptors (Lipinski definition) is 5. The first-order valence-corrected chi connectivity index (χ1v) is 8.66. The highest BCUT2D eigenvalue weighted by Gasteiger charge is 2.13. The summed E-state index contributed by atoms with van der Waals surface area (Å²) in [5.41, 5.74) is 0.267. The summed E-state index contributed by atoms with van der Waals surface area (Å²) in [6, 6.07) is 3.64. The molecule has 2 N–H and O–H groups in total. The largest absolute Gasteiger partial charge is 0.382 e. The van der Waals surface area contributed by atoms with Crippen molar-refractivity contribution in [3.63, 3.8) is 0 Å². The number of ether oxygens (including phenoxy) is 2. The molecule has 1 aromatic carbocycles. The van der Waals surface area contributed by atoms with Crippen molar-refractivity contribution < 1.29 is 27.1 Å². The molecule has 0 aromatic heterocycles. The lowest BCUT2D eigenvalue weighted by molar-refractivity contribution is -0.115. The Morgan fingerprint density at radius 2 is 2.04 bits per heavy atom. The third-order valence-electron chi connectivity index (χ3n) is 2.58. The van der Waals surface area contributed by atoms with E-state index in [0.29, 0.717) is 6.61 Å². The lowest BCUT2D eigenvalue weighted by Gasteiger charge is -2.08. The third kappa shape index (κ3) is 8.24.